The van der Waals surface area contributed by atoms with E-state index in [2.05, 4.69) is 88.5 Å². The smallest absolute Gasteiger partial charge is 0.248 e. The van der Waals surface area contributed by atoms with E-state index in [-0.39, 0.29) is 149 Å². The van der Waals surface area contributed by atoms with Crippen LogP contribution in [-0.4, -0.2) is 250 Å². The first kappa shape index (κ1) is 83.9. The summed E-state index contributed by atoms with van der Waals surface area (Å²) in [5, 5.41) is 43.2. The molecule has 554 valence electrons. The molecule has 0 aromatic rings. The summed E-state index contributed by atoms with van der Waals surface area (Å²) in [5.41, 5.74) is 5.65. The van der Waals surface area contributed by atoms with Crippen molar-refractivity contribution in [2.24, 2.45) is 29.3 Å². The van der Waals surface area contributed by atoms with Gasteiger partial charge in [-0.15, -0.1) is 0 Å². The molecule has 0 aromatic carbocycles. The van der Waals surface area contributed by atoms with Crippen molar-refractivity contribution in [1.82, 2.24) is 78.9 Å². The maximum absolute atomic E-state index is 14.8. The number of nitrogens with one attached hydrogen (secondary N) is 13. The van der Waals surface area contributed by atoms with E-state index in [1.807, 2.05) is 0 Å². The number of nitrogens with zero attached hydrogens (tertiary/aromatic N) is 2. The molecule has 3 rings (SSSR count). The first-order chi connectivity index (χ1) is 47.0. The number of carbonyl (C=O) groups excluding carboxylic acids is 15. The van der Waals surface area contributed by atoms with E-state index >= 15 is 0 Å². The summed E-state index contributed by atoms with van der Waals surface area (Å²) < 4.78 is 0. The Morgan fingerprint density at radius 1 is 0.439 bits per heavy atom. The predicted octanol–water partition coefficient (Wildman–Crippen LogP) is -9.54. The second kappa shape index (κ2) is 47.6. The molecule has 9 atom stereocenters. The fraction of sp³-hybridized carbons (Fsp3) is 0.741. The van der Waals surface area contributed by atoms with Crippen molar-refractivity contribution in [2.75, 3.05) is 91.9 Å². The zero-order valence-corrected chi connectivity index (χ0v) is 55.5. The zero-order valence-electron chi connectivity index (χ0n) is 55.5. The van der Waals surface area contributed by atoms with Crippen LogP contribution in [0.4, 0.5) is 0 Å². The van der Waals surface area contributed by atoms with E-state index in [4.69, 9.17) is 29.3 Å². The van der Waals surface area contributed by atoms with Gasteiger partial charge in [0.05, 0.1) is 19.7 Å². The number of amides is 15. The molecule has 3 heterocycles. The number of rotatable bonds is 35. The molecule has 3 saturated heterocycles. The summed E-state index contributed by atoms with van der Waals surface area (Å²) in [6.07, 6.45) is 2.58. The first-order valence-electron chi connectivity index (χ1n) is 32.9. The molecule has 3 fully saturated rings. The van der Waals surface area contributed by atoms with E-state index in [1.165, 1.54) is 16.7 Å². The number of aliphatic hydroxyl groups excluding tert-OH is 1. The predicted molar refractivity (Wildman–Crippen MR) is 343 cm³/mol. The third kappa shape index (κ3) is 31.9. The van der Waals surface area contributed by atoms with Gasteiger partial charge in [0, 0.05) is 45.8 Å². The van der Waals surface area contributed by atoms with Crippen LogP contribution < -0.4 is 98.4 Å². The molecule has 15 amide bonds. The lowest BCUT2D eigenvalue weighted by molar-refractivity contribution is -0.142. The number of aliphatic hydroxyl groups is 1. The van der Waals surface area contributed by atoms with Gasteiger partial charge < -0.3 is 89.8 Å². The van der Waals surface area contributed by atoms with Crippen LogP contribution in [0.15, 0.2) is 0 Å². The summed E-state index contributed by atoms with van der Waals surface area (Å²) in [6.45, 7) is -2.02. The summed E-state index contributed by atoms with van der Waals surface area (Å²) in [7, 11) is 0. The molecule has 0 bridgehead atoms. The van der Waals surface area contributed by atoms with Gasteiger partial charge in [-0.3, -0.25) is 91.3 Å². The third-order valence-electron chi connectivity index (χ3n) is 16.0. The lowest BCUT2D eigenvalue weighted by atomic mass is 10.0. The van der Waals surface area contributed by atoms with Crippen molar-refractivity contribution in [1.29, 1.82) is 0 Å². The minimum absolute atomic E-state index is 0.00967. The lowest BCUT2D eigenvalue weighted by Crippen LogP contribution is -2.59. The molecule has 3 aliphatic rings. The molecule has 3 aliphatic heterocycles. The Bertz CT molecular complexity index is 2650. The summed E-state index contributed by atoms with van der Waals surface area (Å²) in [6, 6.07) is -12.0. The van der Waals surface area contributed by atoms with Gasteiger partial charge >= 0.3 is 0 Å². The monoisotopic (exact) mass is 1400 g/mol. The van der Waals surface area contributed by atoms with Crippen LogP contribution in [0.1, 0.15) is 129 Å². The van der Waals surface area contributed by atoms with Crippen LogP contribution in [0.5, 0.6) is 0 Å². The van der Waals surface area contributed by atoms with Gasteiger partial charge in [-0.1, -0.05) is 0 Å². The highest BCUT2D eigenvalue weighted by molar-refractivity contribution is 5.99. The molecule has 0 aromatic heterocycles. The normalized spacial score (nSPS) is 22.4. The molecule has 0 radical (unpaired) electrons. The van der Waals surface area contributed by atoms with Gasteiger partial charge in [0.25, 0.3) is 0 Å². The largest absolute Gasteiger partial charge is 0.394 e. The van der Waals surface area contributed by atoms with Crippen LogP contribution in [-0.2, 0) is 91.3 Å². The quantitative estimate of drug-likeness (QED) is 0.0207. The fourth-order valence-electron chi connectivity index (χ4n) is 10.8. The molecule has 40 nitrogen and oxygen atoms in total. The lowest BCUT2D eigenvalue weighted by Gasteiger charge is -2.30. The molecule has 0 spiro atoms. The SMILES string of the molecule is C[C@@H]1NC(=O)[C@H](CCCCNC(=O)CON)NC(=O)CNC(=O)[C@@H]2CCCN2C(=O)[C@H](CCCCNC(=O)CON)NC(=O)[C@H](CCCCNC(=O)[C@@H](N)CO)NC(=O)[C@H](CCCCNC(=O)CON)NC(=O)CNC(=O)[C@@H]2CCCN2C(=O)[C@@H](CCCCNC(=O)CON)NC1=O. The van der Waals surface area contributed by atoms with Crippen LogP contribution in [0, 0.1) is 0 Å². The number of nitrogens with two attached hydrogens (primary N) is 5. The summed E-state index contributed by atoms with van der Waals surface area (Å²) in [5.74, 6) is 9.03. The number of carbonyl (C=O) groups is 15. The zero-order chi connectivity index (χ0) is 72.4. The van der Waals surface area contributed by atoms with Gasteiger partial charge in [0.15, 0.2) is 0 Å². The van der Waals surface area contributed by atoms with E-state index in [1.54, 1.807) is 0 Å². The minimum Gasteiger partial charge on any atom is -0.394 e. The van der Waals surface area contributed by atoms with Crippen molar-refractivity contribution in [3.8, 4) is 0 Å². The topological polar surface area (TPSA) is 606 Å². The van der Waals surface area contributed by atoms with E-state index in [0.29, 0.717) is 19.3 Å². The first-order valence-corrected chi connectivity index (χ1v) is 32.9. The Kier molecular flexibility index (Phi) is 40.7. The number of fused-ring (bicyclic) bond motifs is 2. The van der Waals surface area contributed by atoms with Crippen molar-refractivity contribution in [2.45, 2.75) is 183 Å². The third-order valence-corrected chi connectivity index (χ3v) is 16.0. The number of hydrogen-bond donors (Lipinski definition) is 19. The van der Waals surface area contributed by atoms with Gasteiger partial charge in [-0.2, -0.15) is 0 Å². The Morgan fingerprint density at radius 3 is 1.09 bits per heavy atom. The summed E-state index contributed by atoms with van der Waals surface area (Å²) in [4.78, 5) is 224. The van der Waals surface area contributed by atoms with Gasteiger partial charge in [-0.25, -0.2) is 23.6 Å². The summed E-state index contributed by atoms with van der Waals surface area (Å²) >= 11 is 0. The standard InChI is InChI=1S/C58H102N20O20/c1-35-50(86)75-40(17-5-9-23-66-48(84)33-97-62)57(93)77-26-12-19-42(77)55(91)70-29-45(81)73-38(15-3-8-22-65-47(83)32-96-61)53(89)74-39(16-4-11-25-68-51(87)36(59)30-79)54(90)76-41(18-6-10-24-67-49(85)34-98-63)58(94)78-27-13-20-43(78)56(92)69-28-44(80)72-37(52(88)71-35)14-2-7-21-64-46(82)31-95-60/h35-43,79H,2-34,59-63H2,1H3,(H,64,82)(H,65,83)(H,66,84)(H,67,85)(H,68,87)(H,69,92)(H,70,91)(H,71,88)(H,72,80)(H,73,81)(H,74,89)(H,75,86)(H,76,90)/t35-,36-,37-,38-,39-,40+,41-,42-,43-/m0/s1. The maximum atomic E-state index is 14.8. The molecule has 0 aliphatic carbocycles. The molecule has 98 heavy (non-hydrogen) atoms. The van der Waals surface area contributed by atoms with Crippen molar-refractivity contribution >= 4 is 88.6 Å². The Balaban J connectivity index is 2.13. The van der Waals surface area contributed by atoms with Crippen LogP contribution >= 0.6 is 0 Å². The van der Waals surface area contributed by atoms with Gasteiger partial charge in [-0.05, 0) is 129 Å². The average Bonchev–Trinajstić information content (AvgIpc) is 1.65. The molecule has 24 N–H and O–H groups in total. The highest BCUT2D eigenvalue weighted by Gasteiger charge is 2.41. The van der Waals surface area contributed by atoms with Crippen LogP contribution in [0.3, 0.4) is 0 Å². The van der Waals surface area contributed by atoms with E-state index < -0.39 is 189 Å². The average molecular weight is 1400 g/mol. The minimum atomic E-state index is -1.47. The molecule has 40 heteroatoms. The molecule has 0 saturated carbocycles. The Morgan fingerprint density at radius 2 is 0.745 bits per heavy atom. The fourth-order valence-corrected chi connectivity index (χ4v) is 10.8. The maximum Gasteiger partial charge on any atom is 0.248 e. The van der Waals surface area contributed by atoms with Gasteiger partial charge in [0.1, 0.15) is 80.8 Å². The number of unbranched alkanes of at least 4 members (excludes halogenated alkanes) is 5. The Labute approximate surface area is 566 Å². The highest BCUT2D eigenvalue weighted by Crippen LogP contribution is 2.22. The molecular weight excluding hydrogens is 1300 g/mol. The van der Waals surface area contributed by atoms with E-state index in [0.717, 1.165) is 0 Å². The second-order valence-corrected chi connectivity index (χ2v) is 23.7. The van der Waals surface area contributed by atoms with Crippen LogP contribution in [0.2, 0.25) is 0 Å². The second-order valence-electron chi connectivity index (χ2n) is 23.7. The van der Waals surface area contributed by atoms with Gasteiger partial charge in [0.2, 0.25) is 88.6 Å². The number of hydrogen-bond acceptors (Lipinski definition) is 25. The van der Waals surface area contributed by atoms with Crippen molar-refractivity contribution in [3.05, 3.63) is 0 Å². The van der Waals surface area contributed by atoms with Crippen molar-refractivity contribution < 1.29 is 96.4 Å². The van der Waals surface area contributed by atoms with Crippen LogP contribution in [0.25, 0.3) is 0 Å². The van der Waals surface area contributed by atoms with E-state index in [9.17, 15) is 77.0 Å². The highest BCUT2D eigenvalue weighted by atomic mass is 16.6. The Hall–Kier alpha value is -8.35. The van der Waals surface area contributed by atoms with Crippen molar-refractivity contribution in [3.63, 3.8) is 0 Å². The molecular formula is C58H102N20O20. The molecule has 0 unspecified atom stereocenters.